The molecule has 1 unspecified atom stereocenters. The predicted octanol–water partition coefficient (Wildman–Crippen LogP) is 3.02. The highest BCUT2D eigenvalue weighted by Crippen LogP contribution is 2.22. The third-order valence-electron chi connectivity index (χ3n) is 3.44. The first-order valence-corrected chi connectivity index (χ1v) is 6.60. The van der Waals surface area contributed by atoms with Crippen molar-refractivity contribution < 1.29 is 4.92 Å². The van der Waals surface area contributed by atoms with Crippen LogP contribution in [0, 0.1) is 17.0 Å². The summed E-state index contributed by atoms with van der Waals surface area (Å²) < 4.78 is 0. The van der Waals surface area contributed by atoms with Crippen molar-refractivity contribution >= 4 is 5.69 Å². The van der Waals surface area contributed by atoms with Crippen molar-refractivity contribution in [2.24, 2.45) is 5.73 Å². The highest BCUT2D eigenvalue weighted by molar-refractivity contribution is 5.44. The Kier molecular flexibility index (Phi) is 4.48. The molecule has 20 heavy (non-hydrogen) atoms. The van der Waals surface area contributed by atoms with E-state index in [4.69, 9.17) is 5.73 Å². The molecule has 0 heterocycles. The summed E-state index contributed by atoms with van der Waals surface area (Å²) in [6.07, 6.45) is 1.41. The lowest BCUT2D eigenvalue weighted by Gasteiger charge is -2.13. The number of hydrogen-bond acceptors (Lipinski definition) is 3. The second-order valence-electron chi connectivity index (χ2n) is 4.97. The summed E-state index contributed by atoms with van der Waals surface area (Å²) in [6, 6.07) is 15.1. The standard InChI is InChI=1S/C16H18N2O2/c1-12-14(8-5-9-16(12)18(19)20)11-15(17)10-13-6-3-2-4-7-13/h2-9,15H,10-11,17H2,1H3. The van der Waals surface area contributed by atoms with Crippen molar-refractivity contribution in [2.45, 2.75) is 25.8 Å². The molecule has 0 saturated carbocycles. The van der Waals surface area contributed by atoms with E-state index in [2.05, 4.69) is 0 Å². The van der Waals surface area contributed by atoms with Crippen LogP contribution in [0.25, 0.3) is 0 Å². The molecule has 0 fully saturated rings. The smallest absolute Gasteiger partial charge is 0.272 e. The van der Waals surface area contributed by atoms with Gasteiger partial charge in [-0.15, -0.1) is 0 Å². The fraction of sp³-hybridized carbons (Fsp3) is 0.250. The lowest BCUT2D eigenvalue weighted by atomic mass is 9.96. The van der Waals surface area contributed by atoms with Gasteiger partial charge in [-0.3, -0.25) is 10.1 Å². The van der Waals surface area contributed by atoms with Crippen molar-refractivity contribution in [3.8, 4) is 0 Å². The Hall–Kier alpha value is -2.20. The largest absolute Gasteiger partial charge is 0.327 e. The Morgan fingerprint density at radius 1 is 1.10 bits per heavy atom. The second-order valence-corrected chi connectivity index (χ2v) is 4.97. The third kappa shape index (κ3) is 3.42. The van der Waals surface area contributed by atoms with Crippen LogP contribution in [-0.4, -0.2) is 11.0 Å². The number of nitrogens with zero attached hydrogens (tertiary/aromatic N) is 1. The van der Waals surface area contributed by atoms with Crippen LogP contribution < -0.4 is 5.73 Å². The molecule has 0 aliphatic rings. The highest BCUT2D eigenvalue weighted by atomic mass is 16.6. The van der Waals surface area contributed by atoms with E-state index in [9.17, 15) is 10.1 Å². The van der Waals surface area contributed by atoms with E-state index in [1.807, 2.05) is 36.4 Å². The first-order chi connectivity index (χ1) is 9.58. The number of hydrogen-bond donors (Lipinski definition) is 1. The Morgan fingerprint density at radius 2 is 1.80 bits per heavy atom. The molecule has 0 aromatic heterocycles. The van der Waals surface area contributed by atoms with Crippen LogP contribution in [0.2, 0.25) is 0 Å². The van der Waals surface area contributed by atoms with Gasteiger partial charge in [0.15, 0.2) is 0 Å². The van der Waals surface area contributed by atoms with E-state index < -0.39 is 0 Å². The van der Waals surface area contributed by atoms with E-state index >= 15 is 0 Å². The fourth-order valence-corrected chi connectivity index (χ4v) is 2.36. The number of rotatable bonds is 5. The monoisotopic (exact) mass is 270 g/mol. The van der Waals surface area contributed by atoms with E-state index in [0.29, 0.717) is 12.0 Å². The Balaban J connectivity index is 2.10. The molecule has 0 aliphatic carbocycles. The summed E-state index contributed by atoms with van der Waals surface area (Å²) in [4.78, 5) is 10.6. The maximum Gasteiger partial charge on any atom is 0.272 e. The summed E-state index contributed by atoms with van der Waals surface area (Å²) in [6.45, 7) is 1.78. The molecule has 4 heteroatoms. The minimum Gasteiger partial charge on any atom is -0.327 e. The molecular weight excluding hydrogens is 252 g/mol. The topological polar surface area (TPSA) is 69.2 Å². The van der Waals surface area contributed by atoms with Crippen LogP contribution in [0.5, 0.6) is 0 Å². The molecule has 0 saturated heterocycles. The Morgan fingerprint density at radius 3 is 2.45 bits per heavy atom. The molecule has 0 radical (unpaired) electrons. The normalized spacial score (nSPS) is 12.1. The second kappa shape index (κ2) is 6.30. The van der Waals surface area contributed by atoms with Crippen molar-refractivity contribution in [1.29, 1.82) is 0 Å². The summed E-state index contributed by atoms with van der Waals surface area (Å²) in [5, 5.41) is 10.9. The summed E-state index contributed by atoms with van der Waals surface area (Å²) in [5.74, 6) is 0. The maximum absolute atomic E-state index is 10.9. The van der Waals surface area contributed by atoms with Gasteiger partial charge in [-0.2, -0.15) is 0 Å². The zero-order valence-corrected chi connectivity index (χ0v) is 11.5. The van der Waals surface area contributed by atoms with Gasteiger partial charge in [-0.05, 0) is 30.9 Å². The van der Waals surface area contributed by atoms with Crippen molar-refractivity contribution in [2.75, 3.05) is 0 Å². The molecule has 2 aromatic rings. The predicted molar refractivity (Wildman–Crippen MR) is 79.7 cm³/mol. The van der Waals surface area contributed by atoms with Crippen LogP contribution in [0.4, 0.5) is 5.69 Å². The van der Waals surface area contributed by atoms with E-state index in [1.54, 1.807) is 13.0 Å². The fourth-order valence-electron chi connectivity index (χ4n) is 2.36. The number of nitro groups is 1. The lowest BCUT2D eigenvalue weighted by Crippen LogP contribution is -2.26. The van der Waals surface area contributed by atoms with Gasteiger partial charge in [-0.1, -0.05) is 42.5 Å². The first kappa shape index (κ1) is 14.2. The van der Waals surface area contributed by atoms with Gasteiger partial charge in [0.1, 0.15) is 0 Å². The number of nitrogens with two attached hydrogens (primary N) is 1. The Labute approximate surface area is 118 Å². The quantitative estimate of drug-likeness (QED) is 0.670. The Bertz CT molecular complexity index is 597. The highest BCUT2D eigenvalue weighted by Gasteiger charge is 2.15. The van der Waals surface area contributed by atoms with E-state index in [-0.39, 0.29) is 16.7 Å². The minimum atomic E-state index is -0.346. The molecule has 4 nitrogen and oxygen atoms in total. The summed E-state index contributed by atoms with van der Waals surface area (Å²) in [7, 11) is 0. The van der Waals surface area contributed by atoms with Gasteiger partial charge in [0.05, 0.1) is 4.92 Å². The van der Waals surface area contributed by atoms with Crippen molar-refractivity contribution in [3.05, 3.63) is 75.3 Å². The van der Waals surface area contributed by atoms with Crippen molar-refractivity contribution in [3.63, 3.8) is 0 Å². The molecule has 104 valence electrons. The van der Waals surface area contributed by atoms with Crippen LogP contribution >= 0.6 is 0 Å². The van der Waals surface area contributed by atoms with Gasteiger partial charge in [0.2, 0.25) is 0 Å². The third-order valence-corrected chi connectivity index (χ3v) is 3.44. The van der Waals surface area contributed by atoms with E-state index in [1.165, 1.54) is 11.6 Å². The SMILES string of the molecule is Cc1c(CC(N)Cc2ccccc2)cccc1[N+](=O)[O-]. The molecule has 0 spiro atoms. The number of benzene rings is 2. The minimum absolute atomic E-state index is 0.0434. The average Bonchev–Trinajstić information content (AvgIpc) is 2.42. The van der Waals surface area contributed by atoms with Crippen LogP contribution in [0.1, 0.15) is 16.7 Å². The molecule has 2 aromatic carbocycles. The van der Waals surface area contributed by atoms with Crippen LogP contribution in [0.3, 0.4) is 0 Å². The molecule has 0 aliphatic heterocycles. The maximum atomic E-state index is 10.9. The first-order valence-electron chi connectivity index (χ1n) is 6.60. The molecule has 1 atom stereocenters. The lowest BCUT2D eigenvalue weighted by molar-refractivity contribution is -0.385. The zero-order valence-electron chi connectivity index (χ0n) is 11.5. The molecule has 2 N–H and O–H groups in total. The summed E-state index contributed by atoms with van der Waals surface area (Å²) >= 11 is 0. The van der Waals surface area contributed by atoms with E-state index in [0.717, 1.165) is 12.0 Å². The van der Waals surface area contributed by atoms with Gasteiger partial charge < -0.3 is 5.73 Å². The van der Waals surface area contributed by atoms with Gasteiger partial charge in [0, 0.05) is 17.7 Å². The van der Waals surface area contributed by atoms with Crippen LogP contribution in [0.15, 0.2) is 48.5 Å². The van der Waals surface area contributed by atoms with Gasteiger partial charge in [0.25, 0.3) is 5.69 Å². The average molecular weight is 270 g/mol. The molecule has 2 rings (SSSR count). The molecule has 0 amide bonds. The van der Waals surface area contributed by atoms with Crippen molar-refractivity contribution in [1.82, 2.24) is 0 Å². The van der Waals surface area contributed by atoms with Gasteiger partial charge >= 0.3 is 0 Å². The molecule has 0 bridgehead atoms. The summed E-state index contributed by atoms with van der Waals surface area (Å²) in [5.41, 5.74) is 9.16. The molecular formula is C16H18N2O2. The zero-order chi connectivity index (χ0) is 14.5. The number of nitro benzene ring substituents is 1. The van der Waals surface area contributed by atoms with Gasteiger partial charge in [-0.25, -0.2) is 0 Å². The van der Waals surface area contributed by atoms with Crippen LogP contribution in [-0.2, 0) is 12.8 Å².